The highest BCUT2D eigenvalue weighted by molar-refractivity contribution is 7.71. The lowest BCUT2D eigenvalue weighted by molar-refractivity contribution is 0.662. The molecule has 0 bridgehead atoms. The first-order valence-corrected chi connectivity index (χ1v) is 5.98. The summed E-state index contributed by atoms with van der Waals surface area (Å²) in [5.41, 5.74) is 1.01. The molecule has 0 unspecified atom stereocenters. The summed E-state index contributed by atoms with van der Waals surface area (Å²) in [6, 6.07) is 9.17. The van der Waals surface area contributed by atoms with Gasteiger partial charge >= 0.3 is 0 Å². The molecule has 1 heterocycles. The predicted molar refractivity (Wildman–Crippen MR) is 71.0 cm³/mol. The molecule has 5 heteroatoms. The largest absolute Gasteiger partial charge is 0.325 e. The zero-order valence-corrected chi connectivity index (χ0v) is 10.6. The summed E-state index contributed by atoms with van der Waals surface area (Å²) in [5.74, 6) is 0. The molecule has 0 saturated heterocycles. The van der Waals surface area contributed by atoms with E-state index in [-0.39, 0.29) is 5.56 Å². The Labute approximate surface area is 109 Å². The standard InChI is InChI=1S/C12H11ClN2OS/c13-10-3-1-9(2-4-10)5-7-15-8-6-11(16)14-12(15)17/h1-4,6,8H,5,7H2,(H,14,16,17). The van der Waals surface area contributed by atoms with Gasteiger partial charge in [0.05, 0.1) is 0 Å². The smallest absolute Gasteiger partial charge is 0.251 e. The maximum Gasteiger partial charge on any atom is 0.251 e. The second-order valence-electron chi connectivity index (χ2n) is 3.68. The van der Waals surface area contributed by atoms with Crippen molar-refractivity contribution in [2.75, 3.05) is 0 Å². The van der Waals surface area contributed by atoms with Gasteiger partial charge in [-0.05, 0) is 36.3 Å². The van der Waals surface area contributed by atoms with Crippen molar-refractivity contribution in [1.82, 2.24) is 9.55 Å². The Morgan fingerprint density at radius 1 is 1.24 bits per heavy atom. The van der Waals surface area contributed by atoms with E-state index in [0.29, 0.717) is 4.77 Å². The SMILES string of the molecule is O=c1ccn(CCc2ccc(Cl)cc2)c(=S)[nH]1. The minimum absolute atomic E-state index is 0.169. The first kappa shape index (κ1) is 12.1. The molecule has 0 amide bonds. The zero-order valence-electron chi connectivity index (χ0n) is 9.02. The molecule has 2 aromatic rings. The van der Waals surface area contributed by atoms with E-state index < -0.39 is 0 Å². The maximum absolute atomic E-state index is 11.0. The van der Waals surface area contributed by atoms with E-state index >= 15 is 0 Å². The number of aryl methyl sites for hydroxylation is 2. The Bertz CT molecular complexity index is 615. The average Bonchev–Trinajstić information content (AvgIpc) is 2.30. The third-order valence-corrected chi connectivity index (χ3v) is 3.04. The Hall–Kier alpha value is -1.39. The van der Waals surface area contributed by atoms with E-state index in [1.165, 1.54) is 11.6 Å². The minimum Gasteiger partial charge on any atom is -0.325 e. The third-order valence-electron chi connectivity index (χ3n) is 2.45. The number of aromatic nitrogens is 2. The number of rotatable bonds is 3. The van der Waals surface area contributed by atoms with Gasteiger partial charge in [-0.1, -0.05) is 23.7 Å². The highest BCUT2D eigenvalue weighted by Crippen LogP contribution is 2.10. The first-order chi connectivity index (χ1) is 8.15. The van der Waals surface area contributed by atoms with Gasteiger partial charge < -0.3 is 4.57 Å². The lowest BCUT2D eigenvalue weighted by Crippen LogP contribution is -2.12. The van der Waals surface area contributed by atoms with Crippen molar-refractivity contribution in [2.45, 2.75) is 13.0 Å². The topological polar surface area (TPSA) is 37.8 Å². The molecule has 2 rings (SSSR count). The lowest BCUT2D eigenvalue weighted by atomic mass is 10.1. The minimum atomic E-state index is -0.169. The number of hydrogen-bond donors (Lipinski definition) is 1. The highest BCUT2D eigenvalue weighted by Gasteiger charge is 1.96. The van der Waals surface area contributed by atoms with E-state index in [1.54, 1.807) is 6.20 Å². The lowest BCUT2D eigenvalue weighted by Gasteiger charge is -2.06. The van der Waals surface area contributed by atoms with Gasteiger partial charge in [-0.25, -0.2) is 0 Å². The molecule has 0 radical (unpaired) electrons. The Morgan fingerprint density at radius 3 is 2.59 bits per heavy atom. The van der Waals surface area contributed by atoms with Crippen LogP contribution in [-0.4, -0.2) is 9.55 Å². The number of benzene rings is 1. The number of nitrogens with one attached hydrogen (secondary N) is 1. The molecular formula is C12H11ClN2OS. The van der Waals surface area contributed by atoms with Crippen molar-refractivity contribution in [3.63, 3.8) is 0 Å². The van der Waals surface area contributed by atoms with E-state index in [1.807, 2.05) is 28.8 Å². The molecule has 0 fully saturated rings. The van der Waals surface area contributed by atoms with Gasteiger partial charge in [0.2, 0.25) is 0 Å². The molecule has 1 N–H and O–H groups in total. The number of H-pyrrole nitrogens is 1. The summed E-state index contributed by atoms with van der Waals surface area (Å²) >= 11 is 10.9. The van der Waals surface area contributed by atoms with Crippen LogP contribution < -0.4 is 5.56 Å². The van der Waals surface area contributed by atoms with Crippen molar-refractivity contribution >= 4 is 23.8 Å². The van der Waals surface area contributed by atoms with Crippen molar-refractivity contribution in [2.24, 2.45) is 0 Å². The number of nitrogens with zero attached hydrogens (tertiary/aromatic N) is 1. The average molecular weight is 267 g/mol. The van der Waals surface area contributed by atoms with Crippen molar-refractivity contribution in [3.8, 4) is 0 Å². The second kappa shape index (κ2) is 5.29. The molecule has 0 saturated carbocycles. The van der Waals surface area contributed by atoms with Crippen LogP contribution in [0.15, 0.2) is 41.3 Å². The Balaban J connectivity index is 2.10. The summed E-state index contributed by atoms with van der Waals surface area (Å²) in [5, 5.41) is 0.731. The van der Waals surface area contributed by atoms with Crippen molar-refractivity contribution in [1.29, 1.82) is 0 Å². The van der Waals surface area contributed by atoms with Gasteiger partial charge in [0.25, 0.3) is 5.56 Å². The molecule has 0 aliphatic rings. The summed E-state index contributed by atoms with van der Waals surface area (Å²) in [7, 11) is 0. The molecule has 0 aliphatic heterocycles. The van der Waals surface area contributed by atoms with Gasteiger partial charge in [-0.2, -0.15) is 0 Å². The molecule has 17 heavy (non-hydrogen) atoms. The Kier molecular flexibility index (Phi) is 3.76. The van der Waals surface area contributed by atoms with Gasteiger partial charge in [0, 0.05) is 23.8 Å². The molecule has 0 atom stereocenters. The first-order valence-electron chi connectivity index (χ1n) is 5.19. The van der Waals surface area contributed by atoms with E-state index in [9.17, 15) is 4.79 Å². The van der Waals surface area contributed by atoms with Crippen LogP contribution in [0.25, 0.3) is 0 Å². The summed E-state index contributed by atoms with van der Waals surface area (Å²) in [6.07, 6.45) is 2.55. The zero-order chi connectivity index (χ0) is 12.3. The second-order valence-corrected chi connectivity index (χ2v) is 4.50. The highest BCUT2D eigenvalue weighted by atomic mass is 35.5. The fourth-order valence-corrected chi connectivity index (χ4v) is 1.90. The van der Waals surface area contributed by atoms with Crippen LogP contribution in [0, 0.1) is 4.77 Å². The van der Waals surface area contributed by atoms with Gasteiger partial charge in [-0.15, -0.1) is 0 Å². The maximum atomic E-state index is 11.0. The number of halogens is 1. The molecule has 1 aromatic heterocycles. The number of hydrogen-bond acceptors (Lipinski definition) is 2. The molecular weight excluding hydrogens is 256 g/mol. The quantitative estimate of drug-likeness (QED) is 0.868. The molecule has 0 aliphatic carbocycles. The molecule has 1 aromatic carbocycles. The normalized spacial score (nSPS) is 10.4. The van der Waals surface area contributed by atoms with Crippen LogP contribution in [0.1, 0.15) is 5.56 Å². The summed E-state index contributed by atoms with van der Waals surface area (Å²) < 4.78 is 2.29. The number of aromatic amines is 1. The summed E-state index contributed by atoms with van der Waals surface area (Å²) in [6.45, 7) is 0.733. The predicted octanol–water partition coefficient (Wildman–Crippen LogP) is 2.80. The van der Waals surface area contributed by atoms with Crippen LogP contribution >= 0.6 is 23.8 Å². The van der Waals surface area contributed by atoms with Gasteiger partial charge in [0.1, 0.15) is 0 Å². The van der Waals surface area contributed by atoms with Gasteiger partial charge in [0.15, 0.2) is 4.77 Å². The fraction of sp³-hybridized carbons (Fsp3) is 0.167. The van der Waals surface area contributed by atoms with E-state index in [4.69, 9.17) is 23.8 Å². The van der Waals surface area contributed by atoms with Gasteiger partial charge in [-0.3, -0.25) is 9.78 Å². The fourth-order valence-electron chi connectivity index (χ4n) is 1.52. The van der Waals surface area contributed by atoms with Crippen LogP contribution in [0.2, 0.25) is 5.02 Å². The van der Waals surface area contributed by atoms with Crippen LogP contribution in [0.3, 0.4) is 0 Å². The van der Waals surface area contributed by atoms with Crippen LogP contribution in [0.5, 0.6) is 0 Å². The van der Waals surface area contributed by atoms with Crippen LogP contribution in [0.4, 0.5) is 0 Å². The molecule has 88 valence electrons. The molecule has 0 spiro atoms. The van der Waals surface area contributed by atoms with E-state index in [2.05, 4.69) is 4.98 Å². The summed E-state index contributed by atoms with van der Waals surface area (Å²) in [4.78, 5) is 13.6. The van der Waals surface area contributed by atoms with Crippen molar-refractivity contribution < 1.29 is 0 Å². The monoisotopic (exact) mass is 266 g/mol. The van der Waals surface area contributed by atoms with E-state index in [0.717, 1.165) is 18.0 Å². The molecule has 3 nitrogen and oxygen atoms in total. The third kappa shape index (κ3) is 3.28. The van der Waals surface area contributed by atoms with Crippen molar-refractivity contribution in [3.05, 3.63) is 62.2 Å². The van der Waals surface area contributed by atoms with Crippen LogP contribution in [-0.2, 0) is 13.0 Å². The Morgan fingerprint density at radius 2 is 1.94 bits per heavy atom.